The molecular weight excluding hydrogens is 240 g/mol. The summed E-state index contributed by atoms with van der Waals surface area (Å²) >= 11 is 0. The highest BCUT2D eigenvalue weighted by atomic mass is 16.5. The molecule has 1 aromatic heterocycles. The average Bonchev–Trinajstić information content (AvgIpc) is 2.47. The molecule has 2 heterocycles. The van der Waals surface area contributed by atoms with Crippen LogP contribution in [0.3, 0.4) is 0 Å². The Hall–Kier alpha value is -2.23. The molecule has 0 saturated heterocycles. The smallest absolute Gasteiger partial charge is 0.212 e. The van der Waals surface area contributed by atoms with Crippen LogP contribution < -0.4 is 14.8 Å². The van der Waals surface area contributed by atoms with Crippen molar-refractivity contribution in [3.63, 3.8) is 0 Å². The van der Waals surface area contributed by atoms with Gasteiger partial charge >= 0.3 is 0 Å². The quantitative estimate of drug-likeness (QED) is 0.897. The van der Waals surface area contributed by atoms with E-state index in [4.69, 9.17) is 9.47 Å². The molecule has 4 nitrogen and oxygen atoms in total. The van der Waals surface area contributed by atoms with Crippen LogP contribution in [0.5, 0.6) is 11.6 Å². The van der Waals surface area contributed by atoms with Crippen LogP contribution in [0.15, 0.2) is 30.5 Å². The Balaban J connectivity index is 2.03. The van der Waals surface area contributed by atoms with Crippen molar-refractivity contribution in [3.05, 3.63) is 36.0 Å². The van der Waals surface area contributed by atoms with Gasteiger partial charge in [0.2, 0.25) is 5.88 Å². The highest BCUT2D eigenvalue weighted by Crippen LogP contribution is 2.35. The standard InChI is InChI=1S/C15H16N2O2/c1-10-7-14-13(16-5-6-19-14)8-12(10)11-3-4-15(18-2)17-9-11/h3-4,7-9,16H,5-6H2,1-2H3. The minimum Gasteiger partial charge on any atom is -0.490 e. The minimum atomic E-state index is 0.626. The van der Waals surface area contributed by atoms with Crippen LogP contribution >= 0.6 is 0 Å². The molecule has 0 bridgehead atoms. The van der Waals surface area contributed by atoms with Crippen molar-refractivity contribution >= 4 is 5.69 Å². The second kappa shape index (κ2) is 4.80. The molecule has 1 aliphatic heterocycles. The van der Waals surface area contributed by atoms with E-state index in [1.165, 1.54) is 5.56 Å². The zero-order valence-electron chi connectivity index (χ0n) is 11.1. The number of benzene rings is 1. The second-order valence-corrected chi connectivity index (χ2v) is 4.53. The molecule has 0 aliphatic carbocycles. The summed E-state index contributed by atoms with van der Waals surface area (Å²) in [5, 5.41) is 3.35. The molecule has 0 atom stereocenters. The van der Waals surface area contributed by atoms with Gasteiger partial charge in [-0.25, -0.2) is 4.98 Å². The van der Waals surface area contributed by atoms with Crippen molar-refractivity contribution in [1.29, 1.82) is 0 Å². The van der Waals surface area contributed by atoms with E-state index in [1.807, 2.05) is 18.3 Å². The minimum absolute atomic E-state index is 0.626. The number of ether oxygens (including phenoxy) is 2. The van der Waals surface area contributed by atoms with E-state index in [0.29, 0.717) is 5.88 Å². The Kier molecular flexibility index (Phi) is 2.99. The Labute approximate surface area is 112 Å². The van der Waals surface area contributed by atoms with Crippen molar-refractivity contribution in [2.24, 2.45) is 0 Å². The first kappa shape index (κ1) is 11.8. The van der Waals surface area contributed by atoms with E-state index < -0.39 is 0 Å². The number of hydrogen-bond acceptors (Lipinski definition) is 4. The van der Waals surface area contributed by atoms with Crippen LogP contribution in [-0.4, -0.2) is 25.2 Å². The van der Waals surface area contributed by atoms with Gasteiger partial charge in [-0.1, -0.05) is 0 Å². The number of aromatic nitrogens is 1. The lowest BCUT2D eigenvalue weighted by molar-refractivity contribution is 0.323. The molecule has 0 radical (unpaired) electrons. The van der Waals surface area contributed by atoms with E-state index in [1.54, 1.807) is 7.11 Å². The van der Waals surface area contributed by atoms with Crippen molar-refractivity contribution in [1.82, 2.24) is 4.98 Å². The van der Waals surface area contributed by atoms with Crippen molar-refractivity contribution in [2.45, 2.75) is 6.92 Å². The number of methoxy groups -OCH3 is 1. The highest BCUT2D eigenvalue weighted by molar-refractivity contribution is 5.75. The summed E-state index contributed by atoms with van der Waals surface area (Å²) in [6, 6.07) is 8.08. The summed E-state index contributed by atoms with van der Waals surface area (Å²) in [6.07, 6.45) is 1.83. The van der Waals surface area contributed by atoms with Crippen LogP contribution in [0.25, 0.3) is 11.1 Å². The van der Waals surface area contributed by atoms with Crippen LogP contribution in [0.1, 0.15) is 5.56 Å². The number of aryl methyl sites for hydroxylation is 1. The van der Waals surface area contributed by atoms with Crippen molar-refractivity contribution in [2.75, 3.05) is 25.6 Å². The Morgan fingerprint density at radius 3 is 2.95 bits per heavy atom. The van der Waals surface area contributed by atoms with Gasteiger partial charge in [-0.2, -0.15) is 0 Å². The van der Waals surface area contributed by atoms with E-state index in [-0.39, 0.29) is 0 Å². The van der Waals surface area contributed by atoms with Gasteiger partial charge in [-0.3, -0.25) is 0 Å². The fraction of sp³-hybridized carbons (Fsp3) is 0.267. The molecule has 0 spiro atoms. The molecule has 4 heteroatoms. The third-order valence-electron chi connectivity index (χ3n) is 3.26. The van der Waals surface area contributed by atoms with Gasteiger partial charge in [0, 0.05) is 24.4 Å². The summed E-state index contributed by atoms with van der Waals surface area (Å²) in [5.41, 5.74) is 4.46. The number of pyridine rings is 1. The Morgan fingerprint density at radius 2 is 2.21 bits per heavy atom. The van der Waals surface area contributed by atoms with Crippen LogP contribution in [0.2, 0.25) is 0 Å². The van der Waals surface area contributed by atoms with Gasteiger partial charge in [-0.05, 0) is 36.2 Å². The largest absolute Gasteiger partial charge is 0.490 e. The van der Waals surface area contributed by atoms with Crippen LogP contribution in [0.4, 0.5) is 5.69 Å². The van der Waals surface area contributed by atoms with Gasteiger partial charge in [0.15, 0.2) is 0 Å². The predicted molar refractivity (Wildman–Crippen MR) is 74.9 cm³/mol. The molecule has 1 N–H and O–H groups in total. The summed E-state index contributed by atoms with van der Waals surface area (Å²) in [7, 11) is 1.62. The molecule has 0 amide bonds. The highest BCUT2D eigenvalue weighted by Gasteiger charge is 2.13. The van der Waals surface area contributed by atoms with Gasteiger partial charge in [0.25, 0.3) is 0 Å². The molecule has 0 fully saturated rings. The number of nitrogens with zero attached hydrogens (tertiary/aromatic N) is 1. The van der Waals surface area contributed by atoms with Gasteiger partial charge < -0.3 is 14.8 Å². The van der Waals surface area contributed by atoms with Gasteiger partial charge in [0.05, 0.1) is 12.8 Å². The SMILES string of the molecule is COc1ccc(-c2cc3c(cc2C)OCCN3)cn1. The Bertz CT molecular complexity index is 594. The van der Waals surface area contributed by atoms with E-state index >= 15 is 0 Å². The Morgan fingerprint density at radius 1 is 1.32 bits per heavy atom. The van der Waals surface area contributed by atoms with E-state index in [9.17, 15) is 0 Å². The molecule has 1 aliphatic rings. The summed E-state index contributed by atoms with van der Waals surface area (Å²) < 4.78 is 10.7. The number of fused-ring (bicyclic) bond motifs is 1. The molecule has 0 saturated carbocycles. The fourth-order valence-corrected chi connectivity index (χ4v) is 2.26. The third kappa shape index (κ3) is 2.21. The maximum Gasteiger partial charge on any atom is 0.212 e. The van der Waals surface area contributed by atoms with E-state index in [0.717, 1.165) is 35.7 Å². The molecular formula is C15H16N2O2. The molecule has 2 aromatic rings. The number of nitrogens with one attached hydrogen (secondary N) is 1. The lowest BCUT2D eigenvalue weighted by Gasteiger charge is -2.21. The third-order valence-corrected chi connectivity index (χ3v) is 3.26. The number of anilines is 1. The molecule has 98 valence electrons. The first-order valence-corrected chi connectivity index (χ1v) is 6.29. The average molecular weight is 256 g/mol. The van der Waals surface area contributed by atoms with Gasteiger partial charge in [-0.15, -0.1) is 0 Å². The fourth-order valence-electron chi connectivity index (χ4n) is 2.26. The monoisotopic (exact) mass is 256 g/mol. The molecule has 19 heavy (non-hydrogen) atoms. The summed E-state index contributed by atoms with van der Waals surface area (Å²) in [4.78, 5) is 4.25. The van der Waals surface area contributed by atoms with Crippen molar-refractivity contribution in [3.8, 4) is 22.8 Å². The topological polar surface area (TPSA) is 43.4 Å². The second-order valence-electron chi connectivity index (χ2n) is 4.53. The predicted octanol–water partition coefficient (Wildman–Crippen LogP) is 2.87. The van der Waals surface area contributed by atoms with E-state index in [2.05, 4.69) is 29.4 Å². The normalized spacial score (nSPS) is 13.2. The van der Waals surface area contributed by atoms with Crippen molar-refractivity contribution < 1.29 is 9.47 Å². The zero-order chi connectivity index (χ0) is 13.2. The first-order valence-electron chi connectivity index (χ1n) is 6.29. The zero-order valence-corrected chi connectivity index (χ0v) is 11.1. The van der Waals surface area contributed by atoms with Gasteiger partial charge in [0.1, 0.15) is 12.4 Å². The molecule has 1 aromatic carbocycles. The first-order chi connectivity index (χ1) is 9.28. The van der Waals surface area contributed by atoms with Crippen LogP contribution in [-0.2, 0) is 0 Å². The lowest BCUT2D eigenvalue weighted by Crippen LogP contribution is -2.18. The lowest BCUT2D eigenvalue weighted by atomic mass is 10.0. The molecule has 0 unspecified atom stereocenters. The number of rotatable bonds is 2. The summed E-state index contributed by atoms with van der Waals surface area (Å²) in [5.74, 6) is 1.55. The molecule has 3 rings (SSSR count). The number of hydrogen-bond donors (Lipinski definition) is 1. The maximum absolute atomic E-state index is 5.63. The summed E-state index contributed by atoms with van der Waals surface area (Å²) in [6.45, 7) is 3.64. The maximum atomic E-state index is 5.63. The van der Waals surface area contributed by atoms with Crippen LogP contribution in [0, 0.1) is 6.92 Å².